The number of benzene rings is 1. The molecule has 0 aromatic heterocycles. The Kier molecular flexibility index (Phi) is 2.81. The third kappa shape index (κ3) is 1.88. The number of carbonyl (C=O) groups is 1. The first kappa shape index (κ1) is 10.6. The molecule has 3 N–H and O–H groups in total. The summed E-state index contributed by atoms with van der Waals surface area (Å²) in [6.07, 6.45) is -0.567. The molecule has 1 rings (SSSR count). The highest BCUT2D eigenvalue weighted by molar-refractivity contribution is 6.33. The fourth-order valence-electron chi connectivity index (χ4n) is 0.945. The van der Waals surface area contributed by atoms with E-state index < -0.39 is 34.7 Å². The third-order valence-corrected chi connectivity index (χ3v) is 1.95. The van der Waals surface area contributed by atoms with Gasteiger partial charge < -0.3 is 15.3 Å². The first-order valence-corrected chi connectivity index (χ1v) is 3.92. The lowest BCUT2D eigenvalue weighted by molar-refractivity contribution is -0.136. The van der Waals surface area contributed by atoms with Crippen LogP contribution >= 0.6 is 11.6 Å². The van der Waals surface area contributed by atoms with Gasteiger partial charge in [-0.2, -0.15) is 0 Å². The van der Waals surface area contributed by atoms with Gasteiger partial charge in [0, 0.05) is 5.56 Å². The van der Waals surface area contributed by atoms with E-state index in [0.717, 1.165) is 6.07 Å². The predicted molar refractivity (Wildman–Crippen MR) is 46.1 cm³/mol. The fraction of sp³-hybridized carbons (Fsp3) is 0.125. The molecule has 0 radical (unpaired) electrons. The number of rotatable bonds is 2. The zero-order valence-electron chi connectivity index (χ0n) is 6.79. The molecule has 0 atom stereocenters. The lowest BCUT2D eigenvalue weighted by Gasteiger charge is -2.06. The van der Waals surface area contributed by atoms with Gasteiger partial charge in [0.1, 0.15) is 10.8 Å². The van der Waals surface area contributed by atoms with Crippen molar-refractivity contribution in [2.45, 2.75) is 6.42 Å². The molecule has 4 nitrogen and oxygen atoms in total. The van der Waals surface area contributed by atoms with Crippen molar-refractivity contribution in [2.75, 3.05) is 0 Å². The minimum atomic E-state index is -1.23. The molecule has 0 aliphatic rings. The summed E-state index contributed by atoms with van der Waals surface area (Å²) < 4.78 is 12.8. The van der Waals surface area contributed by atoms with Crippen LogP contribution in [0.1, 0.15) is 5.56 Å². The Bertz CT molecular complexity index is 391. The summed E-state index contributed by atoms with van der Waals surface area (Å²) in [5.74, 6) is -3.81. The van der Waals surface area contributed by atoms with Gasteiger partial charge in [0.05, 0.1) is 6.42 Å². The van der Waals surface area contributed by atoms with Crippen LogP contribution in [-0.4, -0.2) is 21.3 Å². The number of halogens is 2. The summed E-state index contributed by atoms with van der Waals surface area (Å²) in [6, 6.07) is 0.727. The molecular formula is C8H6ClFO4. The van der Waals surface area contributed by atoms with Gasteiger partial charge in [-0.25, -0.2) is 4.39 Å². The van der Waals surface area contributed by atoms with Crippen LogP contribution in [0.5, 0.6) is 11.5 Å². The molecule has 0 saturated carbocycles. The van der Waals surface area contributed by atoms with Crippen LogP contribution in [-0.2, 0) is 11.2 Å². The summed E-state index contributed by atoms with van der Waals surface area (Å²) in [7, 11) is 0. The van der Waals surface area contributed by atoms with Crippen molar-refractivity contribution in [1.29, 1.82) is 0 Å². The Hall–Kier alpha value is -1.49. The number of phenols is 2. The van der Waals surface area contributed by atoms with E-state index >= 15 is 0 Å². The third-order valence-electron chi connectivity index (χ3n) is 1.59. The van der Waals surface area contributed by atoms with Crippen LogP contribution in [0.3, 0.4) is 0 Å². The Morgan fingerprint density at radius 2 is 2.00 bits per heavy atom. The van der Waals surface area contributed by atoms with E-state index in [1.165, 1.54) is 0 Å². The highest BCUT2D eigenvalue weighted by Crippen LogP contribution is 2.37. The predicted octanol–water partition coefficient (Wildman–Crippen LogP) is 1.52. The van der Waals surface area contributed by atoms with Gasteiger partial charge in [0.2, 0.25) is 0 Å². The lowest BCUT2D eigenvalue weighted by atomic mass is 10.1. The number of aromatic hydroxyl groups is 2. The highest BCUT2D eigenvalue weighted by Gasteiger charge is 2.17. The van der Waals surface area contributed by atoms with Crippen molar-refractivity contribution < 1.29 is 24.5 Å². The van der Waals surface area contributed by atoms with E-state index in [0.29, 0.717) is 0 Å². The quantitative estimate of drug-likeness (QED) is 0.706. The molecule has 0 saturated heterocycles. The number of carboxylic acids is 1. The van der Waals surface area contributed by atoms with E-state index in [4.69, 9.17) is 21.8 Å². The number of hydrogen-bond donors (Lipinski definition) is 3. The molecular weight excluding hydrogens is 215 g/mol. The Balaban J connectivity index is 3.25. The second-order valence-electron chi connectivity index (χ2n) is 2.60. The maximum absolute atomic E-state index is 12.8. The molecule has 6 heteroatoms. The SMILES string of the molecule is O=C(O)Cc1cc(F)c(O)c(Cl)c1O. The summed E-state index contributed by atoms with van der Waals surface area (Å²) in [4.78, 5) is 10.3. The zero-order chi connectivity index (χ0) is 10.9. The van der Waals surface area contributed by atoms with Crippen LogP contribution in [0, 0.1) is 5.82 Å². The highest BCUT2D eigenvalue weighted by atomic mass is 35.5. The smallest absolute Gasteiger partial charge is 0.307 e. The van der Waals surface area contributed by atoms with Gasteiger partial charge in [-0.1, -0.05) is 11.6 Å². The molecule has 0 aliphatic heterocycles. The standard InChI is InChI=1S/C8H6ClFO4/c9-6-7(13)3(2-5(11)12)1-4(10)8(6)14/h1,13-14H,2H2,(H,11,12). The zero-order valence-corrected chi connectivity index (χ0v) is 7.55. The number of hydrogen-bond acceptors (Lipinski definition) is 3. The maximum Gasteiger partial charge on any atom is 0.307 e. The van der Waals surface area contributed by atoms with Crippen molar-refractivity contribution in [3.8, 4) is 11.5 Å². The summed E-state index contributed by atoms with van der Waals surface area (Å²) in [6.45, 7) is 0. The molecule has 0 amide bonds. The molecule has 1 aromatic rings. The van der Waals surface area contributed by atoms with E-state index in [1.807, 2.05) is 0 Å². The van der Waals surface area contributed by atoms with E-state index in [9.17, 15) is 14.3 Å². The van der Waals surface area contributed by atoms with Crippen LogP contribution in [0.15, 0.2) is 6.07 Å². The van der Waals surface area contributed by atoms with Crippen molar-refractivity contribution in [3.05, 3.63) is 22.5 Å². The van der Waals surface area contributed by atoms with Gasteiger partial charge in [0.15, 0.2) is 11.6 Å². The molecule has 0 aliphatic carbocycles. The Labute approximate surface area is 83.2 Å². The number of carboxylic acid groups (broad SMARTS) is 1. The molecule has 0 fully saturated rings. The average Bonchev–Trinajstić information content (AvgIpc) is 2.10. The van der Waals surface area contributed by atoms with Crippen molar-refractivity contribution in [2.24, 2.45) is 0 Å². The van der Waals surface area contributed by atoms with E-state index in [-0.39, 0.29) is 5.56 Å². The van der Waals surface area contributed by atoms with Gasteiger partial charge in [-0.3, -0.25) is 4.79 Å². The van der Waals surface area contributed by atoms with Crippen molar-refractivity contribution >= 4 is 17.6 Å². The van der Waals surface area contributed by atoms with Crippen LogP contribution in [0.2, 0.25) is 5.02 Å². The lowest BCUT2D eigenvalue weighted by Crippen LogP contribution is -2.01. The molecule has 76 valence electrons. The second kappa shape index (κ2) is 3.71. The van der Waals surface area contributed by atoms with Crippen LogP contribution < -0.4 is 0 Å². The second-order valence-corrected chi connectivity index (χ2v) is 2.98. The Morgan fingerprint density at radius 1 is 1.43 bits per heavy atom. The van der Waals surface area contributed by atoms with Crippen LogP contribution in [0.4, 0.5) is 4.39 Å². The number of aliphatic carboxylic acids is 1. The van der Waals surface area contributed by atoms with E-state index in [2.05, 4.69) is 0 Å². The largest absolute Gasteiger partial charge is 0.506 e. The Morgan fingerprint density at radius 3 is 2.50 bits per heavy atom. The molecule has 0 heterocycles. The summed E-state index contributed by atoms with van der Waals surface area (Å²) in [5, 5.41) is 26.0. The molecule has 0 unspecified atom stereocenters. The minimum Gasteiger partial charge on any atom is -0.506 e. The molecule has 0 spiro atoms. The molecule has 1 aromatic carbocycles. The van der Waals surface area contributed by atoms with Gasteiger partial charge in [0.25, 0.3) is 0 Å². The van der Waals surface area contributed by atoms with Gasteiger partial charge in [-0.15, -0.1) is 0 Å². The summed E-state index contributed by atoms with van der Waals surface area (Å²) >= 11 is 5.34. The monoisotopic (exact) mass is 220 g/mol. The van der Waals surface area contributed by atoms with Gasteiger partial charge >= 0.3 is 5.97 Å². The minimum absolute atomic E-state index is 0.183. The molecule has 14 heavy (non-hydrogen) atoms. The fourth-order valence-corrected chi connectivity index (χ4v) is 1.16. The first-order valence-electron chi connectivity index (χ1n) is 3.54. The number of phenolic OH excluding ortho intramolecular Hbond substituents is 2. The molecule has 0 bridgehead atoms. The summed E-state index contributed by atoms with van der Waals surface area (Å²) in [5.41, 5.74) is -0.183. The first-order chi connectivity index (χ1) is 6.43. The topological polar surface area (TPSA) is 77.8 Å². The van der Waals surface area contributed by atoms with E-state index in [1.54, 1.807) is 0 Å². The van der Waals surface area contributed by atoms with Crippen molar-refractivity contribution in [3.63, 3.8) is 0 Å². The maximum atomic E-state index is 12.8. The van der Waals surface area contributed by atoms with Gasteiger partial charge in [-0.05, 0) is 6.07 Å². The average molecular weight is 221 g/mol. The van der Waals surface area contributed by atoms with Crippen LogP contribution in [0.25, 0.3) is 0 Å². The van der Waals surface area contributed by atoms with Crippen molar-refractivity contribution in [1.82, 2.24) is 0 Å². The normalized spacial score (nSPS) is 10.1.